The van der Waals surface area contributed by atoms with Gasteiger partial charge in [0.25, 0.3) is 0 Å². The predicted molar refractivity (Wildman–Crippen MR) is 291 cm³/mol. The molecule has 0 saturated heterocycles. The zero-order valence-electron chi connectivity index (χ0n) is 37.3. The highest BCUT2D eigenvalue weighted by Crippen LogP contribution is 2.45. The van der Waals surface area contributed by atoms with Crippen LogP contribution in [0.5, 0.6) is 0 Å². The average molecular weight is 916 g/mol. The first-order valence-corrected chi connectivity index (χ1v) is 26.1. The van der Waals surface area contributed by atoms with E-state index in [1.165, 1.54) is 40.9 Å². The number of nitrogens with zero attached hydrogens (tertiary/aromatic N) is 3. The zero-order valence-corrected chi connectivity index (χ0v) is 39.1. The van der Waals surface area contributed by atoms with Gasteiger partial charge < -0.3 is 4.42 Å². The molecule has 0 N–H and O–H groups in total. The molecule has 0 atom stereocenters. The first kappa shape index (κ1) is 40.7. The average Bonchev–Trinajstić information content (AvgIpc) is 4.01. The van der Waals surface area contributed by atoms with E-state index < -0.39 is 8.07 Å². The molecule has 0 amide bonds. The van der Waals surface area contributed by atoms with E-state index in [2.05, 4.69) is 218 Å². The summed E-state index contributed by atoms with van der Waals surface area (Å²) in [5.74, 6) is 1.77. The maximum Gasteiger partial charge on any atom is 0.179 e. The molecule has 0 spiro atoms. The van der Waals surface area contributed by atoms with E-state index in [0.717, 1.165) is 60.9 Å². The molecule has 3 aromatic heterocycles. The van der Waals surface area contributed by atoms with E-state index >= 15 is 0 Å². The summed E-state index contributed by atoms with van der Waals surface area (Å²) in [5.41, 5.74) is 8.71. The summed E-state index contributed by atoms with van der Waals surface area (Å²) in [6.45, 7) is 0. The number of fused-ring (bicyclic) bond motifs is 6. The minimum atomic E-state index is -2.67. The Morgan fingerprint density at radius 3 is 1.49 bits per heavy atom. The van der Waals surface area contributed by atoms with Gasteiger partial charge in [-0.3, -0.25) is 0 Å². The molecule has 13 aromatic rings. The molecule has 13 rings (SSSR count). The van der Waals surface area contributed by atoms with Crippen LogP contribution in [-0.4, -0.2) is 23.0 Å². The first-order valence-electron chi connectivity index (χ1n) is 23.2. The van der Waals surface area contributed by atoms with Gasteiger partial charge in [-0.15, -0.1) is 11.3 Å². The topological polar surface area (TPSA) is 51.8 Å². The van der Waals surface area contributed by atoms with Crippen LogP contribution in [0.1, 0.15) is 0 Å². The fraction of sp³-hybridized carbons (Fsp3) is 0. The van der Waals surface area contributed by atoms with Crippen molar-refractivity contribution in [2.24, 2.45) is 0 Å². The van der Waals surface area contributed by atoms with Crippen LogP contribution >= 0.6 is 11.3 Å². The monoisotopic (exact) mass is 915 g/mol. The number of thiophene rings is 1. The van der Waals surface area contributed by atoms with E-state index in [-0.39, 0.29) is 0 Å². The SMILES string of the molecule is c1ccc(-c2nc(-c3cccc(-c4ccc([Si](c5ccccc5)(c5ccccc5)c5ccccc5)cc4)c3)nc(-c3cc(-c4cccc5sc6ccccc6c45)c4c(c3)oc3ccccc34)n2)cc1. The molecule has 4 nitrogen and oxygen atoms in total. The molecule has 6 heteroatoms. The highest BCUT2D eigenvalue weighted by atomic mass is 32.1. The number of furan rings is 1. The van der Waals surface area contributed by atoms with Crippen LogP contribution in [0, 0.1) is 0 Å². The third-order valence-corrected chi connectivity index (χ3v) is 19.4. The molecule has 0 radical (unpaired) electrons. The van der Waals surface area contributed by atoms with Gasteiger partial charge >= 0.3 is 0 Å². The van der Waals surface area contributed by atoms with Gasteiger partial charge in [0.05, 0.1) is 0 Å². The second-order valence-electron chi connectivity index (χ2n) is 17.5. The summed E-state index contributed by atoms with van der Waals surface area (Å²) in [6.07, 6.45) is 0. The van der Waals surface area contributed by atoms with Crippen molar-refractivity contribution in [3.05, 3.63) is 249 Å². The number of hydrogen-bond acceptors (Lipinski definition) is 5. The smallest absolute Gasteiger partial charge is 0.179 e. The Bertz CT molecular complexity index is 3910. The Hall–Kier alpha value is -8.55. The van der Waals surface area contributed by atoms with Gasteiger partial charge in [-0.2, -0.15) is 0 Å². The maximum atomic E-state index is 6.69. The molecule has 0 aliphatic rings. The van der Waals surface area contributed by atoms with Gasteiger partial charge in [0, 0.05) is 47.6 Å². The van der Waals surface area contributed by atoms with Gasteiger partial charge in [-0.25, -0.2) is 15.0 Å². The van der Waals surface area contributed by atoms with E-state index in [4.69, 9.17) is 19.4 Å². The number of aromatic nitrogens is 3. The maximum absolute atomic E-state index is 6.69. The second-order valence-corrected chi connectivity index (χ2v) is 22.3. The van der Waals surface area contributed by atoms with Gasteiger partial charge in [-0.05, 0) is 79.4 Å². The Kier molecular flexibility index (Phi) is 10.00. The van der Waals surface area contributed by atoms with Crippen molar-refractivity contribution in [3.63, 3.8) is 0 Å². The third-order valence-electron chi connectivity index (χ3n) is 13.5. The molecule has 0 aliphatic carbocycles. The molecule has 0 saturated carbocycles. The van der Waals surface area contributed by atoms with Crippen molar-refractivity contribution in [1.82, 2.24) is 15.0 Å². The highest BCUT2D eigenvalue weighted by molar-refractivity contribution is 7.26. The molecule has 0 bridgehead atoms. The minimum Gasteiger partial charge on any atom is -0.456 e. The van der Waals surface area contributed by atoms with Crippen LogP contribution in [0.25, 0.3) is 98.5 Å². The Labute approximate surface area is 404 Å². The van der Waals surface area contributed by atoms with Gasteiger partial charge in [-0.1, -0.05) is 212 Å². The molecule has 10 aromatic carbocycles. The van der Waals surface area contributed by atoms with Crippen molar-refractivity contribution in [2.45, 2.75) is 0 Å². The first-order chi connectivity index (χ1) is 34.2. The quantitative estimate of drug-likeness (QED) is 0.107. The number of rotatable bonds is 9. The van der Waals surface area contributed by atoms with Gasteiger partial charge in [0.15, 0.2) is 25.5 Å². The lowest BCUT2D eigenvalue weighted by atomic mass is 9.93. The van der Waals surface area contributed by atoms with Gasteiger partial charge in [0.1, 0.15) is 11.2 Å². The van der Waals surface area contributed by atoms with E-state index in [0.29, 0.717) is 17.5 Å². The fourth-order valence-electron chi connectivity index (χ4n) is 10.4. The summed E-state index contributed by atoms with van der Waals surface area (Å²) < 4.78 is 9.20. The number of hydrogen-bond donors (Lipinski definition) is 0. The molecule has 0 aliphatic heterocycles. The fourth-order valence-corrected chi connectivity index (χ4v) is 16.2. The molecular weight excluding hydrogens is 875 g/mol. The summed E-state index contributed by atoms with van der Waals surface area (Å²) in [7, 11) is -2.67. The van der Waals surface area contributed by atoms with Crippen LogP contribution in [-0.2, 0) is 0 Å². The van der Waals surface area contributed by atoms with Crippen LogP contribution < -0.4 is 20.7 Å². The van der Waals surface area contributed by atoms with Crippen molar-refractivity contribution >= 4 is 82.3 Å². The molecule has 0 unspecified atom stereocenters. The Morgan fingerprint density at radius 2 is 0.812 bits per heavy atom. The molecule has 3 heterocycles. The van der Waals surface area contributed by atoms with Crippen molar-refractivity contribution < 1.29 is 4.42 Å². The molecule has 69 heavy (non-hydrogen) atoms. The highest BCUT2D eigenvalue weighted by Gasteiger charge is 2.41. The Balaban J connectivity index is 0.962. The zero-order chi connectivity index (χ0) is 45.7. The third kappa shape index (κ3) is 7.00. The second kappa shape index (κ2) is 17.0. The lowest BCUT2D eigenvalue weighted by molar-refractivity contribution is 0.669. The van der Waals surface area contributed by atoms with Gasteiger partial charge in [0.2, 0.25) is 0 Å². The molecular formula is C63H41N3OSSi. The van der Waals surface area contributed by atoms with Crippen molar-refractivity contribution in [2.75, 3.05) is 0 Å². The molecule has 0 fully saturated rings. The number of benzene rings is 10. The Morgan fingerprint density at radius 1 is 0.304 bits per heavy atom. The van der Waals surface area contributed by atoms with Crippen LogP contribution in [0.4, 0.5) is 0 Å². The predicted octanol–water partition coefficient (Wildman–Crippen LogP) is 13.9. The molecule has 324 valence electrons. The largest absolute Gasteiger partial charge is 0.456 e. The summed E-state index contributed by atoms with van der Waals surface area (Å²) >= 11 is 1.82. The van der Waals surface area contributed by atoms with Crippen LogP contribution in [0.3, 0.4) is 0 Å². The minimum absolute atomic E-state index is 0.573. The lowest BCUT2D eigenvalue weighted by Gasteiger charge is -2.34. The summed E-state index contributed by atoms with van der Waals surface area (Å²) in [5, 5.41) is 10.00. The summed E-state index contributed by atoms with van der Waals surface area (Å²) in [6, 6.07) is 89.1. The summed E-state index contributed by atoms with van der Waals surface area (Å²) in [4.78, 5) is 15.7. The van der Waals surface area contributed by atoms with Crippen LogP contribution in [0.2, 0.25) is 0 Å². The lowest BCUT2D eigenvalue weighted by Crippen LogP contribution is -2.74. The number of para-hydroxylation sites is 1. The van der Waals surface area contributed by atoms with E-state index in [9.17, 15) is 0 Å². The van der Waals surface area contributed by atoms with E-state index in [1.54, 1.807) is 0 Å². The van der Waals surface area contributed by atoms with E-state index in [1.807, 2.05) is 41.7 Å². The normalized spacial score (nSPS) is 11.8. The van der Waals surface area contributed by atoms with Crippen molar-refractivity contribution in [1.29, 1.82) is 0 Å². The van der Waals surface area contributed by atoms with Crippen LogP contribution in [0.15, 0.2) is 253 Å². The standard InChI is InChI=1S/C63H41N3OSSi/c1-5-19-43(20-6-1)61-64-62(45-22-17-21-44(39-45)42-35-37-50(38-36-42)69(47-23-7-2-8-24-47,48-25-9-3-10-26-48)49-27-11-4-12-28-49)66-63(65-61)46-40-54(59-52-29-13-15-32-55(52)67-56(59)41-46)51-31-18-34-58-60(51)53-30-14-16-33-57(53)68-58/h1-41H. The van der Waals surface area contributed by atoms with Crippen molar-refractivity contribution in [3.8, 4) is 56.4 Å².